The number of ether oxygens (including phenoxy) is 1. The van der Waals surface area contributed by atoms with E-state index < -0.39 is 0 Å². The predicted molar refractivity (Wildman–Crippen MR) is 133 cm³/mol. The lowest BCUT2D eigenvalue weighted by molar-refractivity contribution is -0.155. The summed E-state index contributed by atoms with van der Waals surface area (Å²) in [4.78, 5) is 12.7. The van der Waals surface area contributed by atoms with E-state index in [1.54, 1.807) is 0 Å². The SMILES string of the molecule is CCCCCCCCCCCC(CCCCCCCC)OC(=O)C(CC)CCCC. The van der Waals surface area contributed by atoms with Gasteiger partial charge in [-0.05, 0) is 38.5 Å². The van der Waals surface area contributed by atoms with Gasteiger partial charge in [0.25, 0.3) is 0 Å². The largest absolute Gasteiger partial charge is 0.462 e. The van der Waals surface area contributed by atoms with Gasteiger partial charge in [-0.1, -0.05) is 124 Å². The second-order valence-corrected chi connectivity index (χ2v) is 9.48. The molecule has 0 rings (SSSR count). The van der Waals surface area contributed by atoms with Crippen molar-refractivity contribution in [1.82, 2.24) is 0 Å². The molecule has 0 aliphatic rings. The van der Waals surface area contributed by atoms with Crippen LogP contribution in [0.15, 0.2) is 0 Å². The van der Waals surface area contributed by atoms with E-state index in [2.05, 4.69) is 27.7 Å². The van der Waals surface area contributed by atoms with Crippen LogP contribution < -0.4 is 0 Å². The molecule has 2 unspecified atom stereocenters. The van der Waals surface area contributed by atoms with Gasteiger partial charge in [0.05, 0.1) is 5.92 Å². The molecule has 180 valence electrons. The summed E-state index contributed by atoms with van der Waals surface area (Å²) >= 11 is 0. The highest BCUT2D eigenvalue weighted by molar-refractivity contribution is 5.72. The summed E-state index contributed by atoms with van der Waals surface area (Å²) in [6, 6.07) is 0. The van der Waals surface area contributed by atoms with E-state index in [0.29, 0.717) is 0 Å². The Hall–Kier alpha value is -0.530. The van der Waals surface area contributed by atoms with Crippen molar-refractivity contribution in [2.45, 2.75) is 169 Å². The Labute approximate surface area is 190 Å². The minimum absolute atomic E-state index is 0.0813. The van der Waals surface area contributed by atoms with Crippen molar-refractivity contribution in [3.05, 3.63) is 0 Å². The van der Waals surface area contributed by atoms with Gasteiger partial charge in [-0.15, -0.1) is 0 Å². The Morgan fingerprint density at radius 3 is 1.33 bits per heavy atom. The molecular formula is C28H56O2. The zero-order valence-corrected chi connectivity index (χ0v) is 21.3. The molecule has 0 aromatic carbocycles. The molecule has 0 spiro atoms. The first-order valence-electron chi connectivity index (χ1n) is 13.9. The molecule has 0 aromatic rings. The maximum atomic E-state index is 12.7. The minimum Gasteiger partial charge on any atom is -0.462 e. The second kappa shape index (κ2) is 23.1. The van der Waals surface area contributed by atoms with Gasteiger partial charge in [0, 0.05) is 0 Å². The molecule has 0 aromatic heterocycles. The van der Waals surface area contributed by atoms with Crippen LogP contribution in [-0.4, -0.2) is 12.1 Å². The summed E-state index contributed by atoms with van der Waals surface area (Å²) in [6.45, 7) is 8.87. The van der Waals surface area contributed by atoms with Crippen LogP contribution >= 0.6 is 0 Å². The number of hydrogen-bond acceptors (Lipinski definition) is 2. The lowest BCUT2D eigenvalue weighted by Gasteiger charge is -2.21. The quantitative estimate of drug-likeness (QED) is 0.120. The number of hydrogen-bond donors (Lipinski definition) is 0. The van der Waals surface area contributed by atoms with E-state index >= 15 is 0 Å². The smallest absolute Gasteiger partial charge is 0.309 e. The highest BCUT2D eigenvalue weighted by Gasteiger charge is 2.21. The van der Waals surface area contributed by atoms with E-state index in [1.165, 1.54) is 96.3 Å². The van der Waals surface area contributed by atoms with Gasteiger partial charge in [0.15, 0.2) is 0 Å². The van der Waals surface area contributed by atoms with E-state index in [1.807, 2.05) is 0 Å². The average molecular weight is 425 g/mol. The van der Waals surface area contributed by atoms with Crippen LogP contribution in [0.5, 0.6) is 0 Å². The lowest BCUT2D eigenvalue weighted by Crippen LogP contribution is -2.24. The summed E-state index contributed by atoms with van der Waals surface area (Å²) in [7, 11) is 0. The summed E-state index contributed by atoms with van der Waals surface area (Å²) in [5, 5.41) is 0. The van der Waals surface area contributed by atoms with Gasteiger partial charge in [-0.3, -0.25) is 4.79 Å². The number of rotatable bonds is 23. The number of unbranched alkanes of at least 4 members (excludes halogenated alkanes) is 14. The lowest BCUT2D eigenvalue weighted by atomic mass is 9.98. The van der Waals surface area contributed by atoms with Gasteiger partial charge in [0.2, 0.25) is 0 Å². The number of esters is 1. The molecule has 0 saturated carbocycles. The zero-order valence-electron chi connectivity index (χ0n) is 21.3. The molecule has 0 saturated heterocycles. The fourth-order valence-electron chi connectivity index (χ4n) is 4.30. The number of carbonyl (C=O) groups is 1. The third-order valence-corrected chi connectivity index (χ3v) is 6.52. The van der Waals surface area contributed by atoms with Crippen molar-refractivity contribution >= 4 is 5.97 Å². The first-order chi connectivity index (χ1) is 14.7. The zero-order chi connectivity index (χ0) is 22.3. The van der Waals surface area contributed by atoms with Gasteiger partial charge in [-0.25, -0.2) is 0 Å². The molecule has 2 atom stereocenters. The van der Waals surface area contributed by atoms with Crippen molar-refractivity contribution in [2.75, 3.05) is 0 Å². The first kappa shape index (κ1) is 29.5. The summed E-state index contributed by atoms with van der Waals surface area (Å²) in [5.41, 5.74) is 0. The van der Waals surface area contributed by atoms with Crippen LogP contribution in [0.1, 0.15) is 163 Å². The van der Waals surface area contributed by atoms with Crippen molar-refractivity contribution in [3.8, 4) is 0 Å². The molecule has 0 aliphatic carbocycles. The Balaban J connectivity index is 4.21. The molecule has 0 bridgehead atoms. The maximum absolute atomic E-state index is 12.7. The Morgan fingerprint density at radius 2 is 0.933 bits per heavy atom. The highest BCUT2D eigenvalue weighted by Crippen LogP contribution is 2.21. The molecule has 0 radical (unpaired) electrons. The monoisotopic (exact) mass is 424 g/mol. The Kier molecular flexibility index (Phi) is 22.7. The van der Waals surface area contributed by atoms with E-state index in [4.69, 9.17) is 4.74 Å². The predicted octanol–water partition coefficient (Wildman–Crippen LogP) is 9.79. The first-order valence-corrected chi connectivity index (χ1v) is 13.9. The summed E-state index contributed by atoms with van der Waals surface area (Å²) in [5.74, 6) is 0.193. The van der Waals surface area contributed by atoms with Crippen LogP contribution in [0.4, 0.5) is 0 Å². The maximum Gasteiger partial charge on any atom is 0.309 e. The van der Waals surface area contributed by atoms with E-state index in [-0.39, 0.29) is 18.0 Å². The topological polar surface area (TPSA) is 26.3 Å². The second-order valence-electron chi connectivity index (χ2n) is 9.48. The molecule has 0 fully saturated rings. The summed E-state index contributed by atoms with van der Waals surface area (Å²) in [6.07, 6.45) is 26.5. The van der Waals surface area contributed by atoms with Crippen molar-refractivity contribution in [1.29, 1.82) is 0 Å². The van der Waals surface area contributed by atoms with Crippen molar-refractivity contribution in [2.24, 2.45) is 5.92 Å². The normalized spacial score (nSPS) is 13.3. The molecule has 0 heterocycles. The molecule has 2 nitrogen and oxygen atoms in total. The van der Waals surface area contributed by atoms with Gasteiger partial charge < -0.3 is 4.74 Å². The molecule has 30 heavy (non-hydrogen) atoms. The van der Waals surface area contributed by atoms with Gasteiger partial charge in [-0.2, -0.15) is 0 Å². The average Bonchev–Trinajstić information content (AvgIpc) is 2.75. The van der Waals surface area contributed by atoms with Crippen LogP contribution in [0.2, 0.25) is 0 Å². The molecule has 2 heteroatoms. The van der Waals surface area contributed by atoms with E-state index in [9.17, 15) is 4.79 Å². The van der Waals surface area contributed by atoms with E-state index in [0.717, 1.165) is 38.5 Å². The highest BCUT2D eigenvalue weighted by atomic mass is 16.5. The third-order valence-electron chi connectivity index (χ3n) is 6.52. The molecule has 0 amide bonds. The van der Waals surface area contributed by atoms with Crippen LogP contribution in [0.3, 0.4) is 0 Å². The Bertz CT molecular complexity index is 353. The molecule has 0 N–H and O–H groups in total. The van der Waals surface area contributed by atoms with Crippen LogP contribution in [0.25, 0.3) is 0 Å². The summed E-state index contributed by atoms with van der Waals surface area (Å²) < 4.78 is 6.06. The van der Waals surface area contributed by atoms with Gasteiger partial charge in [0.1, 0.15) is 6.10 Å². The van der Waals surface area contributed by atoms with Crippen LogP contribution in [-0.2, 0) is 9.53 Å². The van der Waals surface area contributed by atoms with Crippen molar-refractivity contribution in [3.63, 3.8) is 0 Å². The molecular weight excluding hydrogens is 368 g/mol. The molecule has 0 aliphatic heterocycles. The van der Waals surface area contributed by atoms with Crippen LogP contribution in [0, 0.1) is 5.92 Å². The fourth-order valence-corrected chi connectivity index (χ4v) is 4.30. The fraction of sp³-hybridized carbons (Fsp3) is 0.964. The third kappa shape index (κ3) is 18.3. The number of carbonyl (C=O) groups excluding carboxylic acids is 1. The Morgan fingerprint density at radius 1 is 0.533 bits per heavy atom. The van der Waals surface area contributed by atoms with Crippen molar-refractivity contribution < 1.29 is 9.53 Å². The minimum atomic E-state index is 0.0813. The standard InChI is InChI=1S/C28H56O2/c1-5-9-12-14-16-17-18-20-22-25-27(24-21-19-15-13-10-6-2)30-28(29)26(8-4)23-11-7-3/h26-27H,5-25H2,1-4H3. The van der Waals surface area contributed by atoms with Gasteiger partial charge >= 0.3 is 5.97 Å².